The Hall–Kier alpha value is -2.63. The maximum atomic E-state index is 13.6. The van der Waals surface area contributed by atoms with Gasteiger partial charge in [0.15, 0.2) is 0 Å². The first-order valence-corrected chi connectivity index (χ1v) is 21.6. The molecule has 2 aromatic carbocycles. The summed E-state index contributed by atoms with van der Waals surface area (Å²) in [5.41, 5.74) is 2.96. The Kier molecular flexibility index (Phi) is 11.9. The second-order valence-corrected chi connectivity index (χ2v) is 18.2. The van der Waals surface area contributed by atoms with Gasteiger partial charge in [0.1, 0.15) is 18.0 Å². The Labute approximate surface area is 316 Å². The maximum absolute atomic E-state index is 13.6. The zero-order chi connectivity index (χ0) is 36.3. The van der Waals surface area contributed by atoms with Crippen LogP contribution in [0.2, 0.25) is 5.02 Å². The van der Waals surface area contributed by atoms with Crippen LogP contribution in [0, 0.1) is 11.8 Å². The molecule has 284 valence electrons. The quantitative estimate of drug-likeness (QED) is 0.340. The van der Waals surface area contributed by atoms with Crippen LogP contribution in [-0.4, -0.2) is 93.9 Å². The molecule has 2 aromatic rings. The molecule has 7 rings (SSSR count). The number of ether oxygens (including phenoxy) is 2. The van der Waals surface area contributed by atoms with Gasteiger partial charge in [-0.05, 0) is 124 Å². The van der Waals surface area contributed by atoms with Crippen LogP contribution in [0.5, 0.6) is 5.75 Å². The van der Waals surface area contributed by atoms with Crippen LogP contribution in [0.4, 0.5) is 5.69 Å². The highest BCUT2D eigenvalue weighted by Crippen LogP contribution is 2.47. The fourth-order valence-electron chi connectivity index (χ4n) is 9.50. The Balaban J connectivity index is 1.24. The molecule has 1 N–H and O–H groups in total. The molecule has 0 unspecified atom stereocenters. The summed E-state index contributed by atoms with van der Waals surface area (Å²) in [7, 11) is -2.04. The minimum absolute atomic E-state index is 0.303. The number of nitrogens with one attached hydrogen (secondary N) is 1. The van der Waals surface area contributed by atoms with Crippen LogP contribution < -0.4 is 14.4 Å². The number of benzene rings is 2. The Morgan fingerprint density at radius 2 is 1.83 bits per heavy atom. The predicted octanol–water partition coefficient (Wildman–Crippen LogP) is 6.83. The minimum Gasteiger partial charge on any atom is -0.487 e. The number of hydrogen-bond acceptors (Lipinski definition) is 8. The van der Waals surface area contributed by atoms with Crippen molar-refractivity contribution in [3.63, 3.8) is 0 Å². The van der Waals surface area contributed by atoms with Crippen LogP contribution in [0.1, 0.15) is 92.6 Å². The Bertz CT molecular complexity index is 1720. The van der Waals surface area contributed by atoms with E-state index in [9.17, 15) is 13.2 Å². The number of amides is 1. The van der Waals surface area contributed by atoms with E-state index in [1.165, 1.54) is 31.4 Å². The molecular weight excluding hydrogens is 696 g/mol. The van der Waals surface area contributed by atoms with Crippen LogP contribution in [0.25, 0.3) is 0 Å². The van der Waals surface area contributed by atoms with Gasteiger partial charge in [-0.2, -0.15) is 0 Å². The Morgan fingerprint density at radius 1 is 0.962 bits per heavy atom. The van der Waals surface area contributed by atoms with Gasteiger partial charge in [-0.3, -0.25) is 14.6 Å². The highest BCUT2D eigenvalue weighted by molar-refractivity contribution is 7.90. The number of piperazine rings is 1. The maximum Gasteiger partial charge on any atom is 0.264 e. The summed E-state index contributed by atoms with van der Waals surface area (Å²) in [6, 6.07) is 12.0. The fourth-order valence-corrected chi connectivity index (χ4v) is 11.1. The molecule has 4 aliphatic heterocycles. The third kappa shape index (κ3) is 8.21. The number of carbonyl (C=O) groups is 1. The lowest BCUT2D eigenvalue weighted by Crippen LogP contribution is -2.61. The number of rotatable bonds is 4. The summed E-state index contributed by atoms with van der Waals surface area (Å²) in [6.07, 6.45) is 14.8. The average Bonchev–Trinajstić information content (AvgIpc) is 3.15. The van der Waals surface area contributed by atoms with E-state index < -0.39 is 26.8 Å². The molecule has 11 heteroatoms. The van der Waals surface area contributed by atoms with E-state index in [1.807, 2.05) is 44.4 Å². The average molecular weight is 753 g/mol. The first-order valence-electron chi connectivity index (χ1n) is 19.7. The minimum atomic E-state index is -3.91. The lowest BCUT2D eigenvalue weighted by molar-refractivity contribution is -0.1000. The molecule has 2 saturated heterocycles. The molecule has 1 amide bonds. The highest BCUT2D eigenvalue weighted by atomic mass is 35.5. The number of sulfonamides is 1. The summed E-state index contributed by atoms with van der Waals surface area (Å²) in [6.45, 7) is 9.10. The van der Waals surface area contributed by atoms with Gasteiger partial charge >= 0.3 is 0 Å². The molecule has 4 heterocycles. The van der Waals surface area contributed by atoms with E-state index in [-0.39, 0.29) is 0 Å². The van der Waals surface area contributed by atoms with Crippen LogP contribution in [0.3, 0.4) is 0 Å². The third-order valence-corrected chi connectivity index (χ3v) is 14.8. The summed E-state index contributed by atoms with van der Waals surface area (Å²) in [5.74, 6) is 0.769. The largest absolute Gasteiger partial charge is 0.487 e. The molecule has 2 bridgehead atoms. The summed E-state index contributed by atoms with van der Waals surface area (Å²) < 4.78 is 42.9. The van der Waals surface area contributed by atoms with E-state index in [0.717, 1.165) is 87.6 Å². The van der Waals surface area contributed by atoms with Crippen molar-refractivity contribution in [1.82, 2.24) is 14.5 Å². The number of aryl methyl sites for hydroxylation is 1. The summed E-state index contributed by atoms with van der Waals surface area (Å²) in [5, 5.41) is 0.0402. The number of hydrogen-bond donors (Lipinski definition) is 1. The van der Waals surface area contributed by atoms with Crippen LogP contribution in [0.15, 0.2) is 48.6 Å². The van der Waals surface area contributed by atoms with Crippen LogP contribution >= 0.6 is 11.6 Å². The zero-order valence-electron chi connectivity index (χ0n) is 31.0. The van der Waals surface area contributed by atoms with Gasteiger partial charge in [-0.25, -0.2) is 13.1 Å². The zero-order valence-corrected chi connectivity index (χ0v) is 32.6. The molecule has 0 aromatic heterocycles. The lowest BCUT2D eigenvalue weighted by atomic mass is 9.63. The van der Waals surface area contributed by atoms with E-state index in [4.69, 9.17) is 21.1 Å². The van der Waals surface area contributed by atoms with Crippen molar-refractivity contribution < 1.29 is 22.7 Å². The van der Waals surface area contributed by atoms with Crippen LogP contribution in [-0.2, 0) is 27.8 Å². The van der Waals surface area contributed by atoms with E-state index in [1.54, 1.807) is 6.07 Å². The topological polar surface area (TPSA) is 91.4 Å². The van der Waals surface area contributed by atoms with Gasteiger partial charge in [0.05, 0.1) is 10.9 Å². The smallest absolute Gasteiger partial charge is 0.264 e. The Morgan fingerprint density at radius 3 is 2.63 bits per heavy atom. The first kappa shape index (κ1) is 37.7. The molecule has 5 atom stereocenters. The molecular formula is C41H57ClN4O5S. The fraction of sp³-hybridized carbons (Fsp3) is 0.634. The monoisotopic (exact) mass is 752 g/mol. The first-order chi connectivity index (χ1) is 25.2. The van der Waals surface area contributed by atoms with Gasteiger partial charge in [0.2, 0.25) is 10.0 Å². The van der Waals surface area contributed by atoms with Gasteiger partial charge in [-0.15, -0.1) is 0 Å². The predicted molar refractivity (Wildman–Crippen MR) is 208 cm³/mol. The number of halogens is 1. The molecule has 1 aliphatic carbocycles. The number of allylic oxidation sites excluding steroid dienone is 1. The molecule has 0 spiro atoms. The van der Waals surface area contributed by atoms with Gasteiger partial charge in [0, 0.05) is 63.0 Å². The van der Waals surface area contributed by atoms with Crippen molar-refractivity contribution in [1.29, 1.82) is 0 Å². The molecule has 5 aliphatic rings. The van der Waals surface area contributed by atoms with Crippen molar-refractivity contribution in [2.75, 3.05) is 57.8 Å². The van der Waals surface area contributed by atoms with Gasteiger partial charge in [-0.1, -0.05) is 43.2 Å². The van der Waals surface area contributed by atoms with E-state index in [2.05, 4.69) is 31.6 Å². The molecule has 3 fully saturated rings. The standard InChI is InChI=1S/C41H57ClN4O5S/c1-3-36-12-4-7-19-41(50-2,29-44-22-23-45-20-9-6-11-35(45)27-44)37-17-14-32(37)26-46-21-8-5-10-30-24-34(42)16-13-33(30)28-51-39-18-15-31(25-38(39)46)40(47)43-52(36,48)49/h7,13,15-16,18-19,24-25,32,35-37H,3-6,8-12,14,17,20-23,26-29H2,1-2H3,(H,43,47)/b19-7+/t32-,35+,36+,37+,41+/m0/s1. The highest BCUT2D eigenvalue weighted by Gasteiger charge is 2.48. The number of nitrogens with zero attached hydrogens (tertiary/aromatic N) is 3. The second kappa shape index (κ2) is 16.4. The van der Waals surface area contributed by atoms with Crippen molar-refractivity contribution in [3.8, 4) is 5.75 Å². The van der Waals surface area contributed by atoms with E-state index in [0.29, 0.717) is 55.1 Å². The van der Waals surface area contributed by atoms with Crippen molar-refractivity contribution >= 4 is 33.2 Å². The number of anilines is 1. The lowest BCUT2D eigenvalue weighted by Gasteiger charge is -2.53. The SMILES string of the molecule is CC[C@@H]1CC/C=C/[C@](CN2CCN3CCCC[C@@H]3C2)(OC)[C@@H]2CC[C@H]2CN2CCCCc3cc(Cl)ccc3COc3ccc(cc32)C(=O)NS1(=O)=O. The second-order valence-electron chi connectivity index (χ2n) is 15.8. The number of piperidine rings is 1. The molecule has 9 nitrogen and oxygen atoms in total. The van der Waals surface area contributed by atoms with Crippen molar-refractivity contribution in [2.45, 2.75) is 101 Å². The molecule has 1 saturated carbocycles. The third-order valence-electron chi connectivity index (χ3n) is 12.7. The van der Waals surface area contributed by atoms with Gasteiger partial charge in [0.25, 0.3) is 5.91 Å². The molecule has 0 radical (unpaired) electrons. The summed E-state index contributed by atoms with van der Waals surface area (Å²) in [4.78, 5) is 21.3. The van der Waals surface area contributed by atoms with Crippen molar-refractivity contribution in [2.24, 2.45) is 11.8 Å². The molecule has 52 heavy (non-hydrogen) atoms. The number of fused-ring (bicyclic) bond motifs is 4. The number of methoxy groups -OCH3 is 1. The van der Waals surface area contributed by atoms with Gasteiger partial charge < -0.3 is 14.4 Å². The van der Waals surface area contributed by atoms with Crippen molar-refractivity contribution in [3.05, 3.63) is 70.3 Å². The summed E-state index contributed by atoms with van der Waals surface area (Å²) >= 11 is 6.41. The normalized spacial score (nSPS) is 31.0. The van der Waals surface area contributed by atoms with E-state index >= 15 is 0 Å². The number of carbonyl (C=O) groups excluding carboxylic acids is 1.